The van der Waals surface area contributed by atoms with Crippen LogP contribution in [0.2, 0.25) is 0 Å². The summed E-state index contributed by atoms with van der Waals surface area (Å²) < 4.78 is 58.3. The van der Waals surface area contributed by atoms with Crippen LogP contribution < -0.4 is 14.9 Å². The molecule has 5 nitrogen and oxygen atoms in total. The van der Waals surface area contributed by atoms with Crippen LogP contribution in [0.5, 0.6) is 17.2 Å². The number of ether oxygens (including phenoxy) is 2. The third kappa shape index (κ3) is 3.67. The topological polar surface area (TPSA) is 51.9 Å². The average molecular weight is 484 g/mol. The summed E-state index contributed by atoms with van der Waals surface area (Å²) in [5, 5.41) is -0.00184. The van der Waals surface area contributed by atoms with Crippen molar-refractivity contribution in [2.45, 2.75) is 32.6 Å². The smallest absolute Gasteiger partial charge is 0.453 e. The van der Waals surface area contributed by atoms with Gasteiger partial charge in [0.15, 0.2) is 0 Å². The maximum Gasteiger partial charge on any atom is 0.453 e. The molecule has 158 valence electrons. The highest BCUT2D eigenvalue weighted by molar-refractivity contribution is 9.10. The Morgan fingerprint density at radius 1 is 1.17 bits per heavy atom. The summed E-state index contributed by atoms with van der Waals surface area (Å²) >= 11 is 3.21. The Bertz CT molecular complexity index is 1170. The Kier molecular flexibility index (Phi) is 5.27. The summed E-state index contributed by atoms with van der Waals surface area (Å²) in [6.45, 7) is 4.49. The second-order valence-corrected chi connectivity index (χ2v) is 8.01. The van der Waals surface area contributed by atoms with E-state index >= 15 is 0 Å². The molecule has 0 atom stereocenters. The maximum absolute atomic E-state index is 13.8. The molecule has 1 aromatic heterocycles. The number of halogens is 4. The Morgan fingerprint density at radius 3 is 2.57 bits per heavy atom. The van der Waals surface area contributed by atoms with Gasteiger partial charge < -0.3 is 13.9 Å². The highest BCUT2D eigenvalue weighted by Crippen LogP contribution is 2.41. The molecular formula is C21H17BrF3NO4. The number of para-hydroxylation sites is 1. The largest absolute Gasteiger partial charge is 0.478 e. The van der Waals surface area contributed by atoms with Crippen LogP contribution >= 0.6 is 15.9 Å². The SMILES string of the molecule is CC(C)N1COc2ccc3c(=O)c(Oc4ccccc4Br)c(C(F)(F)F)oc3c2C1. The summed E-state index contributed by atoms with van der Waals surface area (Å²) in [6.07, 6.45) is -4.93. The van der Waals surface area contributed by atoms with E-state index in [-0.39, 0.29) is 22.8 Å². The van der Waals surface area contributed by atoms with Crippen LogP contribution in [-0.4, -0.2) is 17.7 Å². The first kappa shape index (κ1) is 20.7. The van der Waals surface area contributed by atoms with Gasteiger partial charge in [0.2, 0.25) is 11.2 Å². The molecule has 0 fully saturated rings. The van der Waals surface area contributed by atoms with E-state index in [0.29, 0.717) is 29.1 Å². The van der Waals surface area contributed by atoms with Gasteiger partial charge in [0.25, 0.3) is 5.76 Å². The number of hydrogen-bond acceptors (Lipinski definition) is 5. The van der Waals surface area contributed by atoms with Gasteiger partial charge in [-0.15, -0.1) is 0 Å². The standard InChI is InChI=1S/C21H17BrF3NO4/c1-11(2)26-9-13-15(28-10-26)8-7-12-17(27)19(20(21(23,24)25)30-18(12)13)29-16-6-4-3-5-14(16)22/h3-8,11H,9-10H2,1-2H3. The van der Waals surface area contributed by atoms with Crippen LogP contribution in [0.25, 0.3) is 11.0 Å². The van der Waals surface area contributed by atoms with Crippen LogP contribution in [0, 0.1) is 0 Å². The summed E-state index contributed by atoms with van der Waals surface area (Å²) in [4.78, 5) is 15.0. The van der Waals surface area contributed by atoms with Crippen molar-refractivity contribution in [1.29, 1.82) is 0 Å². The van der Waals surface area contributed by atoms with E-state index in [9.17, 15) is 18.0 Å². The van der Waals surface area contributed by atoms with Crippen LogP contribution in [0.3, 0.4) is 0 Å². The predicted octanol–water partition coefficient (Wildman–Crippen LogP) is 5.93. The molecule has 0 saturated heterocycles. The predicted molar refractivity (Wildman–Crippen MR) is 108 cm³/mol. The van der Waals surface area contributed by atoms with Crippen molar-refractivity contribution in [2.24, 2.45) is 0 Å². The lowest BCUT2D eigenvalue weighted by molar-refractivity contribution is -0.154. The fourth-order valence-corrected chi connectivity index (χ4v) is 3.58. The summed E-state index contributed by atoms with van der Waals surface area (Å²) in [7, 11) is 0. The number of fused-ring (bicyclic) bond motifs is 3. The first-order valence-electron chi connectivity index (χ1n) is 9.16. The van der Waals surface area contributed by atoms with Gasteiger partial charge in [-0.2, -0.15) is 13.2 Å². The molecule has 0 saturated carbocycles. The van der Waals surface area contributed by atoms with Gasteiger partial charge in [0.05, 0.1) is 15.4 Å². The molecule has 0 bridgehead atoms. The molecule has 4 rings (SSSR count). The average Bonchev–Trinajstić information content (AvgIpc) is 2.69. The van der Waals surface area contributed by atoms with E-state index in [1.54, 1.807) is 24.3 Å². The third-order valence-corrected chi connectivity index (χ3v) is 5.52. The van der Waals surface area contributed by atoms with Crippen LogP contribution in [0.15, 0.2) is 50.1 Å². The first-order chi connectivity index (χ1) is 14.2. The molecule has 9 heteroatoms. The van der Waals surface area contributed by atoms with Crippen molar-refractivity contribution in [2.75, 3.05) is 6.73 Å². The molecular weight excluding hydrogens is 467 g/mol. The van der Waals surface area contributed by atoms with Crippen molar-refractivity contribution in [3.8, 4) is 17.2 Å². The number of nitrogens with zero attached hydrogens (tertiary/aromatic N) is 1. The quantitative estimate of drug-likeness (QED) is 0.462. The highest BCUT2D eigenvalue weighted by Gasteiger charge is 2.41. The zero-order chi connectivity index (χ0) is 21.6. The summed E-state index contributed by atoms with van der Waals surface area (Å²) in [5.74, 6) is -1.91. The van der Waals surface area contributed by atoms with E-state index in [4.69, 9.17) is 13.9 Å². The second kappa shape index (κ2) is 7.63. The lowest BCUT2D eigenvalue weighted by Gasteiger charge is -2.32. The Labute approximate surface area is 178 Å². The van der Waals surface area contributed by atoms with Crippen LogP contribution in [0.4, 0.5) is 13.2 Å². The van der Waals surface area contributed by atoms with Crippen molar-refractivity contribution in [3.63, 3.8) is 0 Å². The molecule has 3 aromatic rings. The Balaban J connectivity index is 1.95. The van der Waals surface area contributed by atoms with Gasteiger partial charge >= 0.3 is 6.18 Å². The highest BCUT2D eigenvalue weighted by atomic mass is 79.9. The van der Waals surface area contributed by atoms with E-state index in [1.165, 1.54) is 12.1 Å². The lowest BCUT2D eigenvalue weighted by atomic mass is 10.1. The van der Waals surface area contributed by atoms with Gasteiger partial charge in [-0.25, -0.2) is 0 Å². The lowest BCUT2D eigenvalue weighted by Crippen LogP contribution is -2.37. The normalized spacial score (nSPS) is 14.6. The minimum Gasteiger partial charge on any atom is -0.478 e. The van der Waals surface area contributed by atoms with Gasteiger partial charge in [-0.05, 0) is 54.0 Å². The van der Waals surface area contributed by atoms with Gasteiger partial charge in [-0.3, -0.25) is 9.69 Å². The molecule has 0 aliphatic carbocycles. The van der Waals surface area contributed by atoms with E-state index in [0.717, 1.165) is 0 Å². The van der Waals surface area contributed by atoms with Gasteiger partial charge in [-0.1, -0.05) is 12.1 Å². The molecule has 0 amide bonds. The molecule has 1 aliphatic rings. The minimum atomic E-state index is -4.93. The third-order valence-electron chi connectivity index (χ3n) is 4.86. The molecule has 0 spiro atoms. The van der Waals surface area contributed by atoms with E-state index < -0.39 is 23.1 Å². The summed E-state index contributed by atoms with van der Waals surface area (Å²) in [6, 6.07) is 9.39. The Morgan fingerprint density at radius 2 is 1.90 bits per heavy atom. The molecule has 1 aliphatic heterocycles. The zero-order valence-electron chi connectivity index (χ0n) is 16.0. The molecule has 0 unspecified atom stereocenters. The molecule has 2 aromatic carbocycles. The Hall–Kier alpha value is -2.52. The van der Waals surface area contributed by atoms with Gasteiger partial charge in [0.1, 0.15) is 23.8 Å². The fourth-order valence-electron chi connectivity index (χ4n) is 3.21. The number of rotatable bonds is 3. The van der Waals surface area contributed by atoms with Crippen LogP contribution in [-0.2, 0) is 12.7 Å². The maximum atomic E-state index is 13.8. The van der Waals surface area contributed by atoms with Crippen molar-refractivity contribution in [1.82, 2.24) is 4.90 Å². The van der Waals surface area contributed by atoms with E-state index in [2.05, 4.69) is 15.9 Å². The number of hydrogen-bond donors (Lipinski definition) is 0. The molecule has 30 heavy (non-hydrogen) atoms. The minimum absolute atomic E-state index is 0.00184. The fraction of sp³-hybridized carbons (Fsp3) is 0.286. The molecule has 0 radical (unpaired) electrons. The van der Waals surface area contributed by atoms with Crippen molar-refractivity contribution >= 4 is 26.9 Å². The monoisotopic (exact) mass is 483 g/mol. The van der Waals surface area contributed by atoms with Gasteiger partial charge in [0, 0.05) is 12.6 Å². The zero-order valence-corrected chi connectivity index (χ0v) is 17.6. The van der Waals surface area contributed by atoms with E-state index in [1.807, 2.05) is 18.7 Å². The van der Waals surface area contributed by atoms with Crippen molar-refractivity contribution < 1.29 is 27.1 Å². The second-order valence-electron chi connectivity index (χ2n) is 7.15. The molecule has 0 N–H and O–H groups in total. The van der Waals surface area contributed by atoms with Crippen molar-refractivity contribution in [3.05, 3.63) is 62.4 Å². The van der Waals surface area contributed by atoms with Crippen LogP contribution in [0.1, 0.15) is 25.2 Å². The summed E-state index contributed by atoms with van der Waals surface area (Å²) in [5.41, 5.74) is -0.638. The molecule has 2 heterocycles. The first-order valence-corrected chi connectivity index (χ1v) is 9.95. The number of alkyl halides is 3. The number of benzene rings is 2.